The number of fused-ring (bicyclic) bond motifs is 1. The van der Waals surface area contributed by atoms with E-state index in [1.54, 1.807) is 6.07 Å². The maximum Gasteiger partial charge on any atom is 0.329 e. The van der Waals surface area contributed by atoms with Gasteiger partial charge in [-0.05, 0) is 42.8 Å². The third-order valence-electron chi connectivity index (χ3n) is 3.98. The number of carbonyl (C=O) groups excluding carboxylic acids is 2. The smallest absolute Gasteiger partial charge is 0.329 e. The van der Waals surface area contributed by atoms with Crippen LogP contribution in [0.2, 0.25) is 0 Å². The fraction of sp³-hybridized carbons (Fsp3) is 0.136. The van der Waals surface area contributed by atoms with E-state index in [0.29, 0.717) is 11.3 Å². The predicted octanol–water partition coefficient (Wildman–Crippen LogP) is 3.85. The van der Waals surface area contributed by atoms with Crippen molar-refractivity contribution in [3.8, 4) is 5.75 Å². The lowest BCUT2D eigenvalue weighted by molar-refractivity contribution is -0.136. The molecule has 0 saturated carbocycles. The molecular formula is C22H20FN3O3. The molecule has 0 saturated heterocycles. The molecule has 0 unspecified atom stereocenters. The van der Waals surface area contributed by atoms with E-state index >= 15 is 0 Å². The van der Waals surface area contributed by atoms with E-state index in [1.165, 1.54) is 24.4 Å². The molecule has 0 aromatic heterocycles. The van der Waals surface area contributed by atoms with Crippen molar-refractivity contribution in [2.24, 2.45) is 5.10 Å². The van der Waals surface area contributed by atoms with Crippen LogP contribution in [0.15, 0.2) is 65.8 Å². The molecule has 3 rings (SSSR count). The van der Waals surface area contributed by atoms with Gasteiger partial charge in [0.25, 0.3) is 0 Å². The standard InChI is InChI=1S/C22H20FN3O3/c1-14(2)29-20-12-11-15-7-3-4-8-16(15)17(20)13-24-26-22(28)21(27)25-19-10-6-5-9-18(19)23/h3-14H,1-2H3,(H,25,27)(H,26,28)/b24-13-. The van der Waals surface area contributed by atoms with Crippen molar-refractivity contribution < 1.29 is 18.7 Å². The number of anilines is 1. The van der Waals surface area contributed by atoms with Crippen LogP contribution in [0.3, 0.4) is 0 Å². The SMILES string of the molecule is CC(C)Oc1ccc2ccccc2c1/C=N\NC(=O)C(=O)Nc1ccccc1F. The van der Waals surface area contributed by atoms with Crippen LogP contribution >= 0.6 is 0 Å². The summed E-state index contributed by atoms with van der Waals surface area (Å²) in [6.07, 6.45) is 1.37. The Morgan fingerprint density at radius 1 is 1.00 bits per heavy atom. The van der Waals surface area contributed by atoms with Crippen molar-refractivity contribution in [3.05, 3.63) is 72.0 Å². The number of hydrogen-bond donors (Lipinski definition) is 2. The summed E-state index contributed by atoms with van der Waals surface area (Å²) in [4.78, 5) is 23.9. The zero-order chi connectivity index (χ0) is 20.8. The van der Waals surface area contributed by atoms with Crippen molar-refractivity contribution in [3.63, 3.8) is 0 Å². The summed E-state index contributed by atoms with van der Waals surface area (Å²) < 4.78 is 19.4. The highest BCUT2D eigenvalue weighted by molar-refractivity contribution is 6.39. The summed E-state index contributed by atoms with van der Waals surface area (Å²) >= 11 is 0. The maximum absolute atomic E-state index is 13.6. The number of nitrogens with one attached hydrogen (secondary N) is 2. The number of hydrogen-bond acceptors (Lipinski definition) is 4. The molecule has 2 N–H and O–H groups in total. The summed E-state index contributed by atoms with van der Waals surface area (Å²) in [5, 5.41) is 7.96. The third kappa shape index (κ3) is 4.95. The zero-order valence-corrected chi connectivity index (χ0v) is 16.0. The molecule has 0 heterocycles. The van der Waals surface area contributed by atoms with Crippen LogP contribution < -0.4 is 15.5 Å². The van der Waals surface area contributed by atoms with Crippen LogP contribution in [0.4, 0.5) is 10.1 Å². The molecule has 3 aromatic rings. The minimum absolute atomic E-state index is 0.0514. The fourth-order valence-corrected chi connectivity index (χ4v) is 2.71. The summed E-state index contributed by atoms with van der Waals surface area (Å²) in [7, 11) is 0. The highest BCUT2D eigenvalue weighted by Gasteiger charge is 2.15. The lowest BCUT2D eigenvalue weighted by atomic mass is 10.0. The van der Waals surface area contributed by atoms with Crippen LogP contribution in [0.5, 0.6) is 5.75 Å². The summed E-state index contributed by atoms with van der Waals surface area (Å²) in [6.45, 7) is 3.82. The molecule has 0 aliphatic rings. The van der Waals surface area contributed by atoms with E-state index in [2.05, 4.69) is 15.8 Å². The molecule has 0 atom stereocenters. The Labute approximate surface area is 167 Å². The number of halogens is 1. The molecule has 2 amide bonds. The van der Waals surface area contributed by atoms with Crippen molar-refractivity contribution in [2.45, 2.75) is 20.0 Å². The highest BCUT2D eigenvalue weighted by atomic mass is 19.1. The number of rotatable bonds is 5. The summed E-state index contributed by atoms with van der Waals surface area (Å²) in [5.74, 6) is -2.07. The zero-order valence-electron chi connectivity index (χ0n) is 16.0. The van der Waals surface area contributed by atoms with E-state index in [-0.39, 0.29) is 11.8 Å². The highest BCUT2D eigenvalue weighted by Crippen LogP contribution is 2.27. The number of ether oxygens (including phenoxy) is 1. The van der Waals surface area contributed by atoms with Gasteiger partial charge in [0.05, 0.1) is 18.0 Å². The number of amides is 2. The molecule has 0 spiro atoms. The molecule has 0 bridgehead atoms. The van der Waals surface area contributed by atoms with Crippen molar-refractivity contribution >= 4 is 34.5 Å². The number of para-hydroxylation sites is 1. The van der Waals surface area contributed by atoms with Gasteiger partial charge < -0.3 is 10.1 Å². The van der Waals surface area contributed by atoms with Crippen LogP contribution in [0.1, 0.15) is 19.4 Å². The van der Waals surface area contributed by atoms with Crippen LogP contribution in [0.25, 0.3) is 10.8 Å². The molecule has 0 aliphatic heterocycles. The van der Waals surface area contributed by atoms with Crippen LogP contribution in [0, 0.1) is 5.82 Å². The lowest BCUT2D eigenvalue weighted by Crippen LogP contribution is -2.32. The molecular weight excluding hydrogens is 373 g/mol. The first-order valence-electron chi connectivity index (χ1n) is 9.03. The molecule has 148 valence electrons. The molecule has 3 aromatic carbocycles. The maximum atomic E-state index is 13.6. The van der Waals surface area contributed by atoms with Gasteiger partial charge in [-0.3, -0.25) is 9.59 Å². The van der Waals surface area contributed by atoms with E-state index in [9.17, 15) is 14.0 Å². The second kappa shape index (κ2) is 8.97. The van der Waals surface area contributed by atoms with Gasteiger partial charge in [-0.15, -0.1) is 0 Å². The fourth-order valence-electron chi connectivity index (χ4n) is 2.71. The average molecular weight is 393 g/mol. The van der Waals surface area contributed by atoms with Gasteiger partial charge in [0.2, 0.25) is 0 Å². The Balaban J connectivity index is 1.77. The third-order valence-corrected chi connectivity index (χ3v) is 3.98. The Morgan fingerprint density at radius 3 is 2.48 bits per heavy atom. The Bertz CT molecular complexity index is 1080. The van der Waals surface area contributed by atoms with Gasteiger partial charge in [-0.2, -0.15) is 5.10 Å². The van der Waals surface area contributed by atoms with Crippen LogP contribution in [-0.2, 0) is 9.59 Å². The second-order valence-electron chi connectivity index (χ2n) is 6.50. The Hall–Kier alpha value is -3.74. The largest absolute Gasteiger partial charge is 0.490 e. The Morgan fingerprint density at radius 2 is 1.72 bits per heavy atom. The minimum atomic E-state index is -1.02. The monoisotopic (exact) mass is 393 g/mol. The van der Waals surface area contributed by atoms with Crippen molar-refractivity contribution in [1.82, 2.24) is 5.43 Å². The van der Waals surface area contributed by atoms with Crippen LogP contribution in [-0.4, -0.2) is 24.1 Å². The van der Waals surface area contributed by atoms with Gasteiger partial charge >= 0.3 is 11.8 Å². The number of hydrazone groups is 1. The average Bonchev–Trinajstić information content (AvgIpc) is 2.70. The molecule has 0 aliphatic carbocycles. The quantitative estimate of drug-likeness (QED) is 0.393. The van der Waals surface area contributed by atoms with Crippen molar-refractivity contribution in [2.75, 3.05) is 5.32 Å². The van der Waals surface area contributed by atoms with E-state index < -0.39 is 17.6 Å². The molecule has 0 fully saturated rings. The van der Waals surface area contributed by atoms with Gasteiger partial charge in [0, 0.05) is 5.56 Å². The summed E-state index contributed by atoms with van der Waals surface area (Å²) in [5.41, 5.74) is 2.74. The first kappa shape index (κ1) is 20.0. The Kier molecular flexibility index (Phi) is 6.19. The van der Waals surface area contributed by atoms with Crippen molar-refractivity contribution in [1.29, 1.82) is 0 Å². The van der Waals surface area contributed by atoms with E-state index in [0.717, 1.165) is 10.8 Å². The second-order valence-corrected chi connectivity index (χ2v) is 6.50. The first-order chi connectivity index (χ1) is 14.0. The molecule has 6 nitrogen and oxygen atoms in total. The number of carbonyl (C=O) groups is 2. The number of nitrogens with zero attached hydrogens (tertiary/aromatic N) is 1. The number of benzene rings is 3. The van der Waals surface area contributed by atoms with E-state index in [4.69, 9.17) is 4.74 Å². The van der Waals surface area contributed by atoms with E-state index in [1.807, 2.05) is 50.2 Å². The summed E-state index contributed by atoms with van der Waals surface area (Å²) in [6, 6.07) is 17.0. The molecule has 7 heteroatoms. The van der Waals surface area contributed by atoms with Gasteiger partial charge in [0.1, 0.15) is 11.6 Å². The first-order valence-corrected chi connectivity index (χ1v) is 9.03. The van der Waals surface area contributed by atoms with Gasteiger partial charge in [0.15, 0.2) is 0 Å². The van der Waals surface area contributed by atoms with Gasteiger partial charge in [-0.1, -0.05) is 42.5 Å². The molecule has 0 radical (unpaired) electrons. The minimum Gasteiger partial charge on any atom is -0.490 e. The topological polar surface area (TPSA) is 79.8 Å². The molecule has 29 heavy (non-hydrogen) atoms. The predicted molar refractivity (Wildman–Crippen MR) is 110 cm³/mol. The van der Waals surface area contributed by atoms with Gasteiger partial charge in [-0.25, -0.2) is 9.82 Å². The normalized spacial score (nSPS) is 11.0. The lowest BCUT2D eigenvalue weighted by Gasteiger charge is -2.14.